The lowest BCUT2D eigenvalue weighted by Gasteiger charge is -2.36. The summed E-state index contributed by atoms with van der Waals surface area (Å²) in [6.45, 7) is 0.804. The van der Waals surface area contributed by atoms with Gasteiger partial charge < -0.3 is 9.64 Å². The number of carbonyl (C=O) groups excluding carboxylic acids is 3. The normalized spacial score (nSPS) is 26.7. The monoisotopic (exact) mass is 422 g/mol. The summed E-state index contributed by atoms with van der Waals surface area (Å²) in [4.78, 5) is 44.2. The maximum absolute atomic E-state index is 13.6. The molecule has 0 N–H and O–H groups in total. The summed E-state index contributed by atoms with van der Waals surface area (Å²) in [5.74, 6) is -1.72. The number of hydrogen-bond acceptors (Lipinski definition) is 6. The zero-order valence-corrected chi connectivity index (χ0v) is 17.4. The number of para-hydroxylation sites is 1. The van der Waals surface area contributed by atoms with Gasteiger partial charge in [0.2, 0.25) is 11.8 Å². The molecule has 0 spiro atoms. The van der Waals surface area contributed by atoms with Crippen LogP contribution in [0.15, 0.2) is 47.9 Å². The molecule has 2 fully saturated rings. The highest BCUT2D eigenvalue weighted by atomic mass is 32.1. The maximum atomic E-state index is 13.6. The van der Waals surface area contributed by atoms with Crippen LogP contribution in [0.5, 0.6) is 0 Å². The fraction of sp³-hybridized carbons (Fsp3) is 0.348. The van der Waals surface area contributed by atoms with Gasteiger partial charge in [0.15, 0.2) is 5.78 Å². The molecular formula is C23H22N2O4S. The number of ether oxygens (including phenoxy) is 1. The van der Waals surface area contributed by atoms with Crippen molar-refractivity contribution in [2.45, 2.75) is 18.5 Å². The lowest BCUT2D eigenvalue weighted by molar-refractivity contribution is -0.140. The summed E-state index contributed by atoms with van der Waals surface area (Å²) in [5.41, 5.74) is 1.90. The van der Waals surface area contributed by atoms with Crippen LogP contribution in [0.4, 0.5) is 5.69 Å². The number of anilines is 1. The van der Waals surface area contributed by atoms with Crippen LogP contribution in [-0.2, 0) is 14.3 Å². The molecule has 5 rings (SSSR count). The van der Waals surface area contributed by atoms with E-state index in [1.807, 2.05) is 52.8 Å². The highest BCUT2D eigenvalue weighted by molar-refractivity contribution is 7.12. The van der Waals surface area contributed by atoms with Crippen LogP contribution in [0.2, 0.25) is 0 Å². The van der Waals surface area contributed by atoms with Crippen LogP contribution in [0, 0.1) is 11.8 Å². The van der Waals surface area contributed by atoms with Crippen molar-refractivity contribution < 1.29 is 19.1 Å². The Kier molecular flexibility index (Phi) is 4.79. The molecule has 4 heterocycles. The fourth-order valence-electron chi connectivity index (χ4n) is 5.03. The number of ketones is 1. The predicted molar refractivity (Wildman–Crippen MR) is 114 cm³/mol. The molecule has 1 aromatic heterocycles. The highest BCUT2D eigenvalue weighted by Crippen LogP contribution is 2.49. The van der Waals surface area contributed by atoms with E-state index in [-0.39, 0.29) is 23.6 Å². The number of imide groups is 1. The number of benzene rings is 1. The van der Waals surface area contributed by atoms with E-state index in [2.05, 4.69) is 0 Å². The predicted octanol–water partition coefficient (Wildman–Crippen LogP) is 2.85. The van der Waals surface area contributed by atoms with Gasteiger partial charge in [-0.3, -0.25) is 19.3 Å². The molecule has 6 nitrogen and oxygen atoms in total. The van der Waals surface area contributed by atoms with Crippen LogP contribution in [0.25, 0.3) is 6.08 Å². The number of Topliss-reactive ketones (excluding diaryl/α,β-unsaturated/α-hetero) is 1. The summed E-state index contributed by atoms with van der Waals surface area (Å²) in [7, 11) is 1.60. The summed E-state index contributed by atoms with van der Waals surface area (Å²) >= 11 is 1.37. The van der Waals surface area contributed by atoms with Crippen LogP contribution < -0.4 is 4.90 Å². The van der Waals surface area contributed by atoms with E-state index in [1.54, 1.807) is 13.2 Å². The molecule has 0 unspecified atom stereocenters. The SMILES string of the molecule is COCCCN1C(=O)[C@@H]2[C@H](C1=O)[C@@H]1C=Cc3ccccc3N1[C@@H]2C(=O)c1cccs1. The Bertz CT molecular complexity index is 1030. The Morgan fingerprint density at radius 3 is 2.67 bits per heavy atom. The number of methoxy groups -OCH3 is 1. The van der Waals surface area contributed by atoms with E-state index in [1.165, 1.54) is 16.2 Å². The smallest absolute Gasteiger partial charge is 0.235 e. The van der Waals surface area contributed by atoms with Gasteiger partial charge in [0.1, 0.15) is 6.04 Å². The summed E-state index contributed by atoms with van der Waals surface area (Å²) < 4.78 is 5.08. The van der Waals surface area contributed by atoms with Gasteiger partial charge in [-0.15, -0.1) is 11.3 Å². The highest BCUT2D eigenvalue weighted by Gasteiger charge is 2.63. The van der Waals surface area contributed by atoms with Crippen LogP contribution >= 0.6 is 11.3 Å². The molecule has 2 aromatic rings. The molecule has 4 atom stereocenters. The van der Waals surface area contributed by atoms with Crippen molar-refractivity contribution in [2.24, 2.45) is 11.8 Å². The third-order valence-electron chi connectivity index (χ3n) is 6.27. The Morgan fingerprint density at radius 1 is 1.10 bits per heavy atom. The van der Waals surface area contributed by atoms with Gasteiger partial charge in [-0.2, -0.15) is 0 Å². The quantitative estimate of drug-likeness (QED) is 0.407. The second kappa shape index (κ2) is 7.49. The second-order valence-electron chi connectivity index (χ2n) is 7.83. The third kappa shape index (κ3) is 2.76. The Balaban J connectivity index is 1.58. The average Bonchev–Trinajstić information content (AvgIpc) is 3.46. The van der Waals surface area contributed by atoms with Crippen LogP contribution in [0.3, 0.4) is 0 Å². The van der Waals surface area contributed by atoms with Crippen molar-refractivity contribution in [3.05, 3.63) is 58.3 Å². The number of thiophene rings is 1. The molecule has 30 heavy (non-hydrogen) atoms. The largest absolute Gasteiger partial charge is 0.385 e. The van der Waals surface area contributed by atoms with E-state index < -0.39 is 17.9 Å². The molecule has 7 heteroatoms. The van der Waals surface area contributed by atoms with Gasteiger partial charge in [-0.25, -0.2) is 0 Å². The minimum absolute atomic E-state index is 0.0903. The summed E-state index contributed by atoms with van der Waals surface area (Å²) in [5, 5.41) is 1.86. The van der Waals surface area contributed by atoms with Crippen molar-refractivity contribution in [3.63, 3.8) is 0 Å². The van der Waals surface area contributed by atoms with Gasteiger partial charge in [0.25, 0.3) is 0 Å². The number of fused-ring (bicyclic) bond motifs is 5. The number of likely N-dealkylation sites (tertiary alicyclic amines) is 1. The number of carbonyl (C=O) groups is 3. The molecule has 0 saturated carbocycles. The van der Waals surface area contributed by atoms with Gasteiger partial charge in [-0.05, 0) is 29.5 Å². The van der Waals surface area contributed by atoms with E-state index in [9.17, 15) is 14.4 Å². The molecule has 154 valence electrons. The molecule has 0 aliphatic carbocycles. The first-order valence-corrected chi connectivity index (χ1v) is 11.0. The van der Waals surface area contributed by atoms with Crippen LogP contribution in [0.1, 0.15) is 21.7 Å². The van der Waals surface area contributed by atoms with E-state index in [0.29, 0.717) is 24.4 Å². The van der Waals surface area contributed by atoms with E-state index in [0.717, 1.165) is 11.3 Å². The van der Waals surface area contributed by atoms with Crippen molar-refractivity contribution in [1.82, 2.24) is 4.90 Å². The van der Waals surface area contributed by atoms with Crippen molar-refractivity contribution in [3.8, 4) is 0 Å². The van der Waals surface area contributed by atoms with Crippen molar-refractivity contribution in [2.75, 3.05) is 25.2 Å². The average molecular weight is 423 g/mol. The van der Waals surface area contributed by atoms with Crippen LogP contribution in [-0.4, -0.2) is 54.8 Å². The first-order valence-electron chi connectivity index (χ1n) is 10.1. The topological polar surface area (TPSA) is 66.9 Å². The number of hydrogen-bond donors (Lipinski definition) is 0. The molecule has 2 saturated heterocycles. The number of rotatable bonds is 6. The summed E-state index contributed by atoms with van der Waals surface area (Å²) in [6, 6.07) is 10.5. The standard InChI is InChI=1S/C23H22N2O4S/c1-29-12-5-11-24-22(27)18-16-10-9-14-6-2-3-7-15(14)25(16)20(19(18)23(24)28)21(26)17-8-4-13-30-17/h2-4,6-10,13,16,18-20H,5,11-12H2,1H3/t16-,18+,19+,20-/m0/s1. The Morgan fingerprint density at radius 2 is 1.90 bits per heavy atom. The van der Waals surface area contributed by atoms with Gasteiger partial charge in [0.05, 0.1) is 22.8 Å². The van der Waals surface area contributed by atoms with E-state index >= 15 is 0 Å². The zero-order chi connectivity index (χ0) is 20.8. The first kappa shape index (κ1) is 19.2. The van der Waals surface area contributed by atoms with Gasteiger partial charge in [0, 0.05) is 25.9 Å². The first-order chi connectivity index (χ1) is 14.6. The Hall–Kier alpha value is -2.77. The molecule has 3 aliphatic heterocycles. The number of nitrogens with zero attached hydrogens (tertiary/aromatic N) is 2. The molecular weight excluding hydrogens is 400 g/mol. The zero-order valence-electron chi connectivity index (χ0n) is 16.6. The Labute approximate surface area is 178 Å². The molecule has 3 aliphatic rings. The lowest BCUT2D eigenvalue weighted by Crippen LogP contribution is -2.48. The third-order valence-corrected chi connectivity index (χ3v) is 7.15. The van der Waals surface area contributed by atoms with Crippen molar-refractivity contribution in [1.29, 1.82) is 0 Å². The minimum Gasteiger partial charge on any atom is -0.385 e. The molecule has 0 bridgehead atoms. The minimum atomic E-state index is -0.686. The molecule has 0 radical (unpaired) electrons. The number of amides is 2. The fourth-order valence-corrected chi connectivity index (χ4v) is 5.72. The second-order valence-corrected chi connectivity index (χ2v) is 8.78. The van der Waals surface area contributed by atoms with Gasteiger partial charge >= 0.3 is 0 Å². The lowest BCUT2D eigenvalue weighted by atomic mass is 9.87. The van der Waals surface area contributed by atoms with Gasteiger partial charge in [-0.1, -0.05) is 36.4 Å². The van der Waals surface area contributed by atoms with E-state index in [4.69, 9.17) is 4.74 Å². The maximum Gasteiger partial charge on any atom is 0.235 e. The molecule has 2 amide bonds. The molecule has 1 aromatic carbocycles. The van der Waals surface area contributed by atoms with Crippen molar-refractivity contribution >= 4 is 40.7 Å². The summed E-state index contributed by atoms with van der Waals surface area (Å²) in [6.07, 6.45) is 4.56.